The number of carbonyl (C=O) groups excluding carboxylic acids is 2. The molecule has 1 heterocycles. The van der Waals surface area contributed by atoms with Crippen molar-refractivity contribution >= 4 is 23.3 Å². The van der Waals surface area contributed by atoms with Crippen molar-refractivity contribution in [3.8, 4) is 0 Å². The van der Waals surface area contributed by atoms with Crippen LogP contribution in [0.2, 0.25) is 0 Å². The molecule has 2 rings (SSSR count). The summed E-state index contributed by atoms with van der Waals surface area (Å²) in [4.78, 5) is 25.1. The molecule has 1 atom stereocenters. The monoisotopic (exact) mass is 388 g/mol. The molecule has 0 saturated heterocycles. The van der Waals surface area contributed by atoms with E-state index in [1.54, 1.807) is 11.3 Å². The molecule has 0 aliphatic rings. The summed E-state index contributed by atoms with van der Waals surface area (Å²) in [6.45, 7) is 7.08. The number of quaternary nitrogens is 1. The molecular formula is C21H30N3O2S+. The number of imide groups is 1. The van der Waals surface area contributed by atoms with Gasteiger partial charge in [0.05, 0.1) is 4.88 Å². The molecule has 3 amide bonds. The maximum absolute atomic E-state index is 12.2. The second-order valence-corrected chi connectivity index (χ2v) is 7.99. The second-order valence-electron chi connectivity index (χ2n) is 7.01. The van der Waals surface area contributed by atoms with Gasteiger partial charge < -0.3 is 10.6 Å². The summed E-state index contributed by atoms with van der Waals surface area (Å²) in [7, 11) is 0. The van der Waals surface area contributed by atoms with Gasteiger partial charge in [0, 0.05) is 12.1 Å². The average molecular weight is 389 g/mol. The van der Waals surface area contributed by atoms with Gasteiger partial charge in [-0.05, 0) is 35.8 Å². The highest BCUT2D eigenvalue weighted by Crippen LogP contribution is 2.23. The number of rotatable bonds is 9. The van der Waals surface area contributed by atoms with E-state index >= 15 is 0 Å². The molecule has 2 aromatic rings. The molecule has 1 aromatic heterocycles. The van der Waals surface area contributed by atoms with Crippen LogP contribution in [0.15, 0.2) is 41.8 Å². The van der Waals surface area contributed by atoms with Crippen LogP contribution in [0.4, 0.5) is 4.79 Å². The standard InChI is InChI=1S/C21H29N3O2S/c1-4-16-7-9-17(10-8-16)20(18-6-5-13-27-18)23-14-19(25)24-21(26)22-12-11-15(2)3/h5-10,13,15,20,23H,4,11-12,14H2,1-3H3,(H2,22,24,25,26)/p+1/t20-/m0/s1. The predicted octanol–water partition coefficient (Wildman–Crippen LogP) is 2.84. The quantitative estimate of drug-likeness (QED) is 0.618. The Labute approximate surface area is 165 Å². The average Bonchev–Trinajstić information content (AvgIpc) is 3.16. The fourth-order valence-electron chi connectivity index (χ4n) is 2.77. The van der Waals surface area contributed by atoms with Crippen LogP contribution in [0, 0.1) is 5.92 Å². The summed E-state index contributed by atoms with van der Waals surface area (Å²) >= 11 is 1.67. The number of thiophene rings is 1. The summed E-state index contributed by atoms with van der Waals surface area (Å²) in [5, 5.41) is 9.15. The lowest BCUT2D eigenvalue weighted by Gasteiger charge is -2.15. The van der Waals surface area contributed by atoms with Gasteiger partial charge in [0.25, 0.3) is 5.91 Å². The largest absolute Gasteiger partial charge is 0.338 e. The molecular weight excluding hydrogens is 358 g/mol. The SMILES string of the molecule is CCc1ccc([C@H]([NH2+]CC(=O)NC(=O)NCCC(C)C)c2cccs2)cc1. The van der Waals surface area contributed by atoms with Crippen LogP contribution in [0.25, 0.3) is 0 Å². The molecule has 1 aromatic carbocycles. The maximum atomic E-state index is 12.2. The van der Waals surface area contributed by atoms with Crippen molar-refractivity contribution in [1.29, 1.82) is 0 Å². The molecule has 6 heteroatoms. The number of amides is 3. The van der Waals surface area contributed by atoms with E-state index in [-0.39, 0.29) is 18.5 Å². The summed E-state index contributed by atoms with van der Waals surface area (Å²) in [6.07, 6.45) is 1.89. The first-order valence-corrected chi connectivity index (χ1v) is 10.4. The smallest absolute Gasteiger partial charge is 0.321 e. The normalized spacial score (nSPS) is 12.0. The Hall–Kier alpha value is -2.18. The minimum atomic E-state index is -0.422. The molecule has 0 aliphatic carbocycles. The molecule has 0 unspecified atom stereocenters. The number of nitrogens with two attached hydrogens (primary N) is 1. The van der Waals surface area contributed by atoms with E-state index < -0.39 is 6.03 Å². The number of carbonyl (C=O) groups is 2. The maximum Gasteiger partial charge on any atom is 0.321 e. The third-order valence-corrected chi connectivity index (χ3v) is 5.35. The zero-order valence-corrected chi connectivity index (χ0v) is 17.1. The predicted molar refractivity (Wildman–Crippen MR) is 110 cm³/mol. The van der Waals surface area contributed by atoms with E-state index in [2.05, 4.69) is 61.7 Å². The molecule has 0 aliphatic heterocycles. The minimum Gasteiger partial charge on any atom is -0.338 e. The lowest BCUT2D eigenvalue weighted by molar-refractivity contribution is -0.676. The third kappa shape index (κ3) is 7.15. The molecule has 5 nitrogen and oxygen atoms in total. The van der Waals surface area contributed by atoms with E-state index in [1.165, 1.54) is 10.4 Å². The lowest BCUT2D eigenvalue weighted by atomic mass is 10.0. The lowest BCUT2D eigenvalue weighted by Crippen LogP contribution is -2.87. The van der Waals surface area contributed by atoms with Crippen molar-refractivity contribution in [2.45, 2.75) is 39.7 Å². The van der Waals surface area contributed by atoms with Gasteiger partial charge in [0.2, 0.25) is 0 Å². The fourth-order valence-corrected chi connectivity index (χ4v) is 3.62. The summed E-state index contributed by atoms with van der Waals surface area (Å²) in [5.74, 6) is 0.226. The minimum absolute atomic E-state index is 0.0469. The van der Waals surface area contributed by atoms with Crippen LogP contribution >= 0.6 is 11.3 Å². The number of hydrogen-bond acceptors (Lipinski definition) is 3. The van der Waals surface area contributed by atoms with Gasteiger partial charge >= 0.3 is 6.03 Å². The van der Waals surface area contributed by atoms with Crippen molar-refractivity contribution in [3.63, 3.8) is 0 Å². The molecule has 146 valence electrons. The summed E-state index contributed by atoms with van der Waals surface area (Å²) in [5.41, 5.74) is 2.45. The molecule has 27 heavy (non-hydrogen) atoms. The number of hydrogen-bond donors (Lipinski definition) is 3. The molecule has 0 spiro atoms. The highest BCUT2D eigenvalue weighted by atomic mass is 32.1. The van der Waals surface area contributed by atoms with E-state index in [9.17, 15) is 9.59 Å². The van der Waals surface area contributed by atoms with E-state index in [0.717, 1.165) is 18.4 Å². The van der Waals surface area contributed by atoms with E-state index in [1.807, 2.05) is 16.8 Å². The summed E-state index contributed by atoms with van der Waals surface area (Å²) in [6, 6.07) is 12.2. The van der Waals surface area contributed by atoms with Crippen LogP contribution in [-0.2, 0) is 11.2 Å². The van der Waals surface area contributed by atoms with E-state index in [0.29, 0.717) is 12.5 Å². The Bertz CT molecular complexity index is 712. The third-order valence-electron chi connectivity index (χ3n) is 4.40. The van der Waals surface area contributed by atoms with Gasteiger partial charge in [-0.25, -0.2) is 4.79 Å². The van der Waals surface area contributed by atoms with Gasteiger partial charge in [-0.2, -0.15) is 0 Å². The fraction of sp³-hybridized carbons (Fsp3) is 0.429. The van der Waals surface area contributed by atoms with Crippen LogP contribution < -0.4 is 16.0 Å². The van der Waals surface area contributed by atoms with Crippen LogP contribution in [0.1, 0.15) is 49.2 Å². The van der Waals surface area contributed by atoms with E-state index in [4.69, 9.17) is 0 Å². The first kappa shape index (κ1) is 21.1. The van der Waals surface area contributed by atoms with Crippen molar-refractivity contribution < 1.29 is 14.9 Å². The number of benzene rings is 1. The highest BCUT2D eigenvalue weighted by Gasteiger charge is 2.20. The number of nitrogens with one attached hydrogen (secondary N) is 2. The van der Waals surface area contributed by atoms with Gasteiger partial charge in [-0.15, -0.1) is 11.3 Å². The van der Waals surface area contributed by atoms with Crippen LogP contribution in [-0.4, -0.2) is 25.0 Å². The van der Waals surface area contributed by atoms with Gasteiger partial charge in [0.15, 0.2) is 6.54 Å². The molecule has 0 saturated carbocycles. The first-order chi connectivity index (χ1) is 13.0. The highest BCUT2D eigenvalue weighted by molar-refractivity contribution is 7.10. The number of urea groups is 1. The Morgan fingerprint density at radius 2 is 1.89 bits per heavy atom. The van der Waals surface area contributed by atoms with Crippen molar-refractivity contribution in [2.75, 3.05) is 13.1 Å². The van der Waals surface area contributed by atoms with Gasteiger partial charge in [0.1, 0.15) is 6.04 Å². The zero-order chi connectivity index (χ0) is 19.6. The Kier molecular flexibility index (Phi) is 8.48. The Morgan fingerprint density at radius 1 is 1.15 bits per heavy atom. The zero-order valence-electron chi connectivity index (χ0n) is 16.3. The second kappa shape index (κ2) is 10.8. The van der Waals surface area contributed by atoms with Gasteiger partial charge in [-0.3, -0.25) is 10.1 Å². The molecule has 0 fully saturated rings. The van der Waals surface area contributed by atoms with Crippen molar-refractivity contribution in [2.24, 2.45) is 5.92 Å². The first-order valence-electron chi connectivity index (χ1n) is 9.52. The van der Waals surface area contributed by atoms with Crippen molar-refractivity contribution in [1.82, 2.24) is 10.6 Å². The van der Waals surface area contributed by atoms with Gasteiger partial charge in [-0.1, -0.05) is 51.1 Å². The Balaban J connectivity index is 1.92. The molecule has 4 N–H and O–H groups in total. The summed E-state index contributed by atoms with van der Waals surface area (Å²) < 4.78 is 0. The topological polar surface area (TPSA) is 74.8 Å². The number of aryl methyl sites for hydroxylation is 1. The van der Waals surface area contributed by atoms with Crippen LogP contribution in [0.5, 0.6) is 0 Å². The molecule has 0 radical (unpaired) electrons. The van der Waals surface area contributed by atoms with Crippen LogP contribution in [0.3, 0.4) is 0 Å². The molecule has 0 bridgehead atoms. The Morgan fingerprint density at radius 3 is 2.48 bits per heavy atom. The van der Waals surface area contributed by atoms with Crippen molar-refractivity contribution in [3.05, 3.63) is 57.8 Å².